The van der Waals surface area contributed by atoms with Crippen LogP contribution in [-0.2, 0) is 17.6 Å². The molecule has 24 heavy (non-hydrogen) atoms. The van der Waals surface area contributed by atoms with Gasteiger partial charge in [0.15, 0.2) is 0 Å². The fourth-order valence-electron chi connectivity index (χ4n) is 3.41. The van der Waals surface area contributed by atoms with Crippen LogP contribution in [0, 0.1) is 6.92 Å². The van der Waals surface area contributed by atoms with Crippen LogP contribution in [-0.4, -0.2) is 30.6 Å². The summed E-state index contributed by atoms with van der Waals surface area (Å²) in [5.74, 6) is 0.0302. The number of ether oxygens (including phenoxy) is 1. The average Bonchev–Trinajstić information content (AvgIpc) is 2.59. The van der Waals surface area contributed by atoms with Crippen molar-refractivity contribution in [1.29, 1.82) is 0 Å². The summed E-state index contributed by atoms with van der Waals surface area (Å²) in [5, 5.41) is 4.06. The van der Waals surface area contributed by atoms with E-state index in [1.807, 2.05) is 13.0 Å². The first-order valence-corrected chi connectivity index (χ1v) is 8.98. The number of fused-ring (bicyclic) bond motifs is 2. The number of aromatic nitrogens is 1. The predicted molar refractivity (Wildman–Crippen MR) is 96.6 cm³/mol. The Balaban J connectivity index is 1.92. The summed E-state index contributed by atoms with van der Waals surface area (Å²) in [4.78, 5) is 17.7. The third kappa shape index (κ3) is 3.59. The molecule has 0 atom stereocenters. The molecule has 0 saturated carbocycles. The standard InChI is InChI=1S/C20H26N2O2/c1-3-24-12-6-11-21-20(23)19-15-7-4-5-8-17(15)22-18-10-9-14(2)13-16(18)19/h9-10,13H,3-8,11-12H2,1-2H3,(H,21,23). The van der Waals surface area contributed by atoms with Gasteiger partial charge in [-0.3, -0.25) is 9.78 Å². The van der Waals surface area contributed by atoms with Crippen molar-refractivity contribution in [2.75, 3.05) is 19.8 Å². The Morgan fingerprint density at radius 3 is 2.96 bits per heavy atom. The number of carbonyl (C=O) groups excluding carboxylic acids is 1. The van der Waals surface area contributed by atoms with Crippen LogP contribution >= 0.6 is 0 Å². The lowest BCUT2D eigenvalue weighted by molar-refractivity contribution is 0.0944. The van der Waals surface area contributed by atoms with Gasteiger partial charge in [-0.25, -0.2) is 0 Å². The van der Waals surface area contributed by atoms with Crippen molar-refractivity contribution >= 4 is 16.8 Å². The fraction of sp³-hybridized carbons (Fsp3) is 0.500. The smallest absolute Gasteiger partial charge is 0.252 e. The molecule has 0 fully saturated rings. The molecule has 0 unspecified atom stereocenters. The van der Waals surface area contributed by atoms with Crippen molar-refractivity contribution in [3.8, 4) is 0 Å². The molecule has 0 saturated heterocycles. The van der Waals surface area contributed by atoms with Crippen molar-refractivity contribution < 1.29 is 9.53 Å². The van der Waals surface area contributed by atoms with Gasteiger partial charge in [-0.15, -0.1) is 0 Å². The summed E-state index contributed by atoms with van der Waals surface area (Å²) >= 11 is 0. The average molecular weight is 326 g/mol. The zero-order chi connectivity index (χ0) is 16.9. The van der Waals surface area contributed by atoms with Gasteiger partial charge >= 0.3 is 0 Å². The zero-order valence-corrected chi connectivity index (χ0v) is 14.7. The third-order valence-corrected chi connectivity index (χ3v) is 4.60. The lowest BCUT2D eigenvalue weighted by Crippen LogP contribution is -2.28. The van der Waals surface area contributed by atoms with Gasteiger partial charge in [-0.05, 0) is 63.6 Å². The molecule has 1 N–H and O–H groups in total. The van der Waals surface area contributed by atoms with E-state index in [2.05, 4.69) is 24.4 Å². The summed E-state index contributed by atoms with van der Waals surface area (Å²) in [5.41, 5.74) is 5.19. The molecule has 1 aromatic carbocycles. The minimum Gasteiger partial charge on any atom is -0.382 e. The number of amides is 1. The Morgan fingerprint density at radius 1 is 1.29 bits per heavy atom. The van der Waals surface area contributed by atoms with Crippen molar-refractivity contribution in [3.05, 3.63) is 40.6 Å². The maximum Gasteiger partial charge on any atom is 0.252 e. The van der Waals surface area contributed by atoms with Crippen LogP contribution in [0.2, 0.25) is 0 Å². The first kappa shape index (κ1) is 16.9. The SMILES string of the molecule is CCOCCCNC(=O)c1c2c(nc3ccc(C)cc13)CCCC2. The van der Waals surface area contributed by atoms with E-state index in [0.29, 0.717) is 13.2 Å². The highest BCUT2D eigenvalue weighted by Gasteiger charge is 2.22. The predicted octanol–water partition coefficient (Wildman–Crippen LogP) is 3.58. The Hall–Kier alpha value is -1.94. The van der Waals surface area contributed by atoms with Gasteiger partial charge in [-0.1, -0.05) is 11.6 Å². The van der Waals surface area contributed by atoms with Crippen LogP contribution in [0.4, 0.5) is 0 Å². The van der Waals surface area contributed by atoms with E-state index >= 15 is 0 Å². The highest BCUT2D eigenvalue weighted by atomic mass is 16.5. The molecule has 0 aliphatic heterocycles. The van der Waals surface area contributed by atoms with Crippen LogP contribution < -0.4 is 5.32 Å². The normalized spacial score (nSPS) is 13.8. The molecule has 1 amide bonds. The zero-order valence-electron chi connectivity index (χ0n) is 14.7. The van der Waals surface area contributed by atoms with Gasteiger partial charge in [0.1, 0.15) is 0 Å². The summed E-state index contributed by atoms with van der Waals surface area (Å²) in [6.45, 7) is 6.09. The first-order chi connectivity index (χ1) is 11.7. The van der Waals surface area contributed by atoms with Gasteiger partial charge < -0.3 is 10.1 Å². The van der Waals surface area contributed by atoms with Crippen molar-refractivity contribution in [2.45, 2.75) is 46.0 Å². The van der Waals surface area contributed by atoms with Crippen LogP contribution in [0.25, 0.3) is 10.9 Å². The Bertz CT molecular complexity index is 740. The fourth-order valence-corrected chi connectivity index (χ4v) is 3.41. The number of aryl methyl sites for hydroxylation is 2. The lowest BCUT2D eigenvalue weighted by atomic mass is 9.89. The number of hydrogen-bond donors (Lipinski definition) is 1. The summed E-state index contributed by atoms with van der Waals surface area (Å²) in [6, 6.07) is 6.19. The van der Waals surface area contributed by atoms with E-state index < -0.39 is 0 Å². The molecular weight excluding hydrogens is 300 g/mol. The van der Waals surface area contributed by atoms with Gasteiger partial charge in [-0.2, -0.15) is 0 Å². The van der Waals surface area contributed by atoms with Crippen LogP contribution in [0.3, 0.4) is 0 Å². The quantitative estimate of drug-likeness (QED) is 0.826. The van der Waals surface area contributed by atoms with E-state index in [9.17, 15) is 4.79 Å². The number of rotatable bonds is 6. The van der Waals surface area contributed by atoms with E-state index in [1.165, 1.54) is 0 Å². The second-order valence-electron chi connectivity index (χ2n) is 6.45. The van der Waals surface area contributed by atoms with E-state index in [4.69, 9.17) is 9.72 Å². The van der Waals surface area contributed by atoms with E-state index in [0.717, 1.165) is 72.0 Å². The Morgan fingerprint density at radius 2 is 2.12 bits per heavy atom. The number of nitrogens with zero attached hydrogens (tertiary/aromatic N) is 1. The molecule has 128 valence electrons. The summed E-state index contributed by atoms with van der Waals surface area (Å²) in [6.07, 6.45) is 5.06. The van der Waals surface area contributed by atoms with Crippen molar-refractivity contribution in [3.63, 3.8) is 0 Å². The van der Waals surface area contributed by atoms with Gasteiger partial charge in [0.25, 0.3) is 5.91 Å². The molecule has 3 rings (SSSR count). The first-order valence-electron chi connectivity index (χ1n) is 8.98. The Kier molecular flexibility index (Phi) is 5.46. The highest BCUT2D eigenvalue weighted by molar-refractivity contribution is 6.07. The third-order valence-electron chi connectivity index (χ3n) is 4.60. The molecule has 2 aromatic rings. The highest BCUT2D eigenvalue weighted by Crippen LogP contribution is 2.29. The number of pyridine rings is 1. The molecule has 1 aliphatic carbocycles. The van der Waals surface area contributed by atoms with Gasteiger partial charge in [0.05, 0.1) is 11.1 Å². The molecule has 1 aromatic heterocycles. The van der Waals surface area contributed by atoms with Gasteiger partial charge in [0, 0.05) is 30.8 Å². The largest absolute Gasteiger partial charge is 0.382 e. The number of nitrogens with one attached hydrogen (secondary N) is 1. The monoisotopic (exact) mass is 326 g/mol. The summed E-state index contributed by atoms with van der Waals surface area (Å²) < 4.78 is 5.34. The molecule has 1 aliphatic rings. The molecular formula is C20H26N2O2. The molecule has 4 nitrogen and oxygen atoms in total. The Labute approximate surface area is 143 Å². The molecule has 4 heteroatoms. The minimum atomic E-state index is 0.0302. The van der Waals surface area contributed by atoms with Crippen LogP contribution in [0.1, 0.15) is 53.4 Å². The maximum absolute atomic E-state index is 12.9. The van der Waals surface area contributed by atoms with Crippen molar-refractivity contribution in [2.24, 2.45) is 0 Å². The second kappa shape index (κ2) is 7.75. The topological polar surface area (TPSA) is 51.2 Å². The van der Waals surface area contributed by atoms with E-state index in [1.54, 1.807) is 0 Å². The van der Waals surface area contributed by atoms with Crippen LogP contribution in [0.5, 0.6) is 0 Å². The number of carbonyl (C=O) groups is 1. The van der Waals surface area contributed by atoms with Crippen LogP contribution in [0.15, 0.2) is 18.2 Å². The van der Waals surface area contributed by atoms with E-state index in [-0.39, 0.29) is 5.91 Å². The molecule has 1 heterocycles. The molecule has 0 bridgehead atoms. The van der Waals surface area contributed by atoms with Gasteiger partial charge in [0.2, 0.25) is 0 Å². The summed E-state index contributed by atoms with van der Waals surface area (Å²) in [7, 11) is 0. The lowest BCUT2D eigenvalue weighted by Gasteiger charge is -2.20. The molecule has 0 spiro atoms. The minimum absolute atomic E-state index is 0.0302. The maximum atomic E-state index is 12.9. The second-order valence-corrected chi connectivity index (χ2v) is 6.45. The molecule has 0 radical (unpaired) electrons. The van der Waals surface area contributed by atoms with Crippen molar-refractivity contribution in [1.82, 2.24) is 10.3 Å². The number of benzene rings is 1. The number of hydrogen-bond acceptors (Lipinski definition) is 3.